The molecule has 1 heterocycles. The van der Waals surface area contributed by atoms with Gasteiger partial charge in [-0.15, -0.1) is 0 Å². The molecule has 0 atom stereocenters. The van der Waals surface area contributed by atoms with Crippen LogP contribution in [0.3, 0.4) is 0 Å². The monoisotopic (exact) mass is 224 g/mol. The van der Waals surface area contributed by atoms with Crippen LogP contribution in [0, 0.1) is 0 Å². The van der Waals surface area contributed by atoms with Crippen LogP contribution in [0.5, 0.6) is 5.75 Å². The zero-order valence-corrected chi connectivity index (χ0v) is 9.51. The van der Waals surface area contributed by atoms with Crippen molar-refractivity contribution in [1.29, 1.82) is 0 Å². The lowest BCUT2D eigenvalue weighted by Crippen LogP contribution is -1.96. The molecule has 0 unspecified atom stereocenters. The lowest BCUT2D eigenvalue weighted by Gasteiger charge is -2.01. The molecule has 1 aromatic carbocycles. The fourth-order valence-corrected chi connectivity index (χ4v) is 2.05. The summed E-state index contributed by atoms with van der Waals surface area (Å²) in [6.07, 6.45) is 0. The average molecular weight is 225 g/mol. The van der Waals surface area contributed by atoms with E-state index >= 15 is 0 Å². The number of aromatic nitrogens is 1. The Kier molecular flexibility index (Phi) is 2.59. The number of fused-ring (bicyclic) bond motifs is 1. The summed E-state index contributed by atoms with van der Waals surface area (Å²) in [6.45, 7) is 0.447. The van der Waals surface area contributed by atoms with Crippen molar-refractivity contribution in [1.82, 2.24) is 4.57 Å². The second-order valence-corrected chi connectivity index (χ2v) is 3.77. The van der Waals surface area contributed by atoms with Gasteiger partial charge in [0.2, 0.25) is 0 Å². The molecular weight excluding hydrogens is 212 g/mol. The van der Waals surface area contributed by atoms with E-state index < -0.39 is 0 Å². The number of benzene rings is 1. The molecule has 0 aliphatic heterocycles. The van der Waals surface area contributed by atoms with E-state index in [9.17, 15) is 0 Å². The van der Waals surface area contributed by atoms with Gasteiger partial charge in [0.15, 0.2) is 0 Å². The van der Waals surface area contributed by atoms with Crippen molar-refractivity contribution in [3.8, 4) is 5.75 Å². The van der Waals surface area contributed by atoms with Gasteiger partial charge in [-0.1, -0.05) is 11.6 Å². The molecule has 80 valence electrons. The summed E-state index contributed by atoms with van der Waals surface area (Å²) < 4.78 is 7.09. The highest BCUT2D eigenvalue weighted by Crippen LogP contribution is 2.31. The predicted molar refractivity (Wildman–Crippen MR) is 62.4 cm³/mol. The molecule has 0 bridgehead atoms. The second-order valence-electron chi connectivity index (χ2n) is 3.42. The number of aryl methyl sites for hydroxylation is 1. The van der Waals surface area contributed by atoms with E-state index in [1.54, 1.807) is 7.11 Å². The van der Waals surface area contributed by atoms with Crippen LogP contribution in [-0.4, -0.2) is 11.7 Å². The summed E-state index contributed by atoms with van der Waals surface area (Å²) in [5.74, 6) is 0.823. The van der Waals surface area contributed by atoms with Crippen LogP contribution in [0.1, 0.15) is 5.56 Å². The molecule has 0 radical (unpaired) electrons. The molecule has 0 aliphatic carbocycles. The Balaban J connectivity index is 2.78. The number of hydrogen-bond donors (Lipinski definition) is 1. The fraction of sp³-hybridized carbons (Fsp3) is 0.273. The minimum Gasteiger partial charge on any atom is -0.497 e. The predicted octanol–water partition coefficient (Wildman–Crippen LogP) is 2.30. The standard InChI is InChI=1S/C11H13ClN2O/c1-14-10-5-7(15-2)3-4-8(10)9(6-13)11(14)12/h3-5H,6,13H2,1-2H3. The Labute approximate surface area is 93.4 Å². The Morgan fingerprint density at radius 2 is 2.20 bits per heavy atom. The number of rotatable bonds is 2. The van der Waals surface area contributed by atoms with E-state index in [0.29, 0.717) is 11.7 Å². The van der Waals surface area contributed by atoms with Crippen molar-refractivity contribution >= 4 is 22.5 Å². The Bertz CT molecular complexity index is 505. The fourth-order valence-electron chi connectivity index (χ4n) is 1.78. The maximum Gasteiger partial charge on any atom is 0.120 e. The highest BCUT2D eigenvalue weighted by molar-refractivity contribution is 6.32. The van der Waals surface area contributed by atoms with Gasteiger partial charge in [0.1, 0.15) is 10.9 Å². The normalized spacial score (nSPS) is 10.9. The van der Waals surface area contributed by atoms with Crippen molar-refractivity contribution in [3.05, 3.63) is 28.9 Å². The van der Waals surface area contributed by atoms with E-state index in [1.807, 2.05) is 29.8 Å². The Morgan fingerprint density at radius 1 is 1.47 bits per heavy atom. The van der Waals surface area contributed by atoms with Gasteiger partial charge < -0.3 is 15.0 Å². The molecular formula is C11H13ClN2O. The van der Waals surface area contributed by atoms with Crippen LogP contribution < -0.4 is 10.5 Å². The molecule has 2 N–H and O–H groups in total. The third-order valence-electron chi connectivity index (χ3n) is 2.64. The van der Waals surface area contributed by atoms with Crippen LogP contribution in [0.25, 0.3) is 10.9 Å². The summed E-state index contributed by atoms with van der Waals surface area (Å²) in [5, 5.41) is 1.78. The van der Waals surface area contributed by atoms with Gasteiger partial charge in [-0.25, -0.2) is 0 Å². The van der Waals surface area contributed by atoms with Crippen molar-refractivity contribution in [2.75, 3.05) is 7.11 Å². The lowest BCUT2D eigenvalue weighted by atomic mass is 10.2. The summed E-state index contributed by atoms with van der Waals surface area (Å²) in [6, 6.07) is 5.86. The number of nitrogens with zero attached hydrogens (tertiary/aromatic N) is 1. The van der Waals surface area contributed by atoms with E-state index in [0.717, 1.165) is 22.2 Å². The first-order chi connectivity index (χ1) is 7.19. The smallest absolute Gasteiger partial charge is 0.120 e. The number of hydrogen-bond acceptors (Lipinski definition) is 2. The largest absolute Gasteiger partial charge is 0.497 e. The first-order valence-electron chi connectivity index (χ1n) is 4.70. The second kappa shape index (κ2) is 3.76. The van der Waals surface area contributed by atoms with Gasteiger partial charge in [0, 0.05) is 30.6 Å². The molecule has 15 heavy (non-hydrogen) atoms. The molecule has 2 rings (SSSR count). The van der Waals surface area contributed by atoms with Gasteiger partial charge in [-0.3, -0.25) is 0 Å². The van der Waals surface area contributed by atoms with Crippen LogP contribution in [0.4, 0.5) is 0 Å². The van der Waals surface area contributed by atoms with E-state index in [1.165, 1.54) is 0 Å². The number of halogens is 1. The SMILES string of the molecule is COc1ccc2c(CN)c(Cl)n(C)c2c1. The third kappa shape index (κ3) is 1.48. The quantitative estimate of drug-likeness (QED) is 0.851. The van der Waals surface area contributed by atoms with Gasteiger partial charge in [-0.05, 0) is 12.1 Å². The molecule has 2 aromatic rings. The van der Waals surface area contributed by atoms with Crippen LogP contribution in [0.15, 0.2) is 18.2 Å². The highest BCUT2D eigenvalue weighted by atomic mass is 35.5. The summed E-state index contributed by atoms with van der Waals surface area (Å²) >= 11 is 6.17. The van der Waals surface area contributed by atoms with Gasteiger partial charge in [-0.2, -0.15) is 0 Å². The first-order valence-corrected chi connectivity index (χ1v) is 5.07. The molecule has 3 nitrogen and oxygen atoms in total. The summed E-state index contributed by atoms with van der Waals surface area (Å²) in [5.41, 5.74) is 7.70. The number of nitrogens with two attached hydrogens (primary N) is 1. The molecule has 0 spiro atoms. The van der Waals surface area contributed by atoms with Crippen LogP contribution in [-0.2, 0) is 13.6 Å². The zero-order chi connectivity index (χ0) is 11.0. The van der Waals surface area contributed by atoms with Crippen molar-refractivity contribution in [2.24, 2.45) is 12.8 Å². The number of methoxy groups -OCH3 is 1. The Morgan fingerprint density at radius 3 is 2.80 bits per heavy atom. The highest BCUT2D eigenvalue weighted by Gasteiger charge is 2.12. The Hall–Kier alpha value is -1.19. The molecule has 4 heteroatoms. The average Bonchev–Trinajstić information content (AvgIpc) is 2.51. The zero-order valence-electron chi connectivity index (χ0n) is 8.75. The molecule has 0 fully saturated rings. The summed E-state index contributed by atoms with van der Waals surface area (Å²) in [4.78, 5) is 0. The molecule has 0 amide bonds. The minimum absolute atomic E-state index is 0.447. The summed E-state index contributed by atoms with van der Waals surface area (Å²) in [7, 11) is 3.57. The molecule has 0 aliphatic rings. The molecule has 0 saturated heterocycles. The number of ether oxygens (including phenoxy) is 1. The van der Waals surface area contributed by atoms with Crippen LogP contribution in [0.2, 0.25) is 5.15 Å². The third-order valence-corrected chi connectivity index (χ3v) is 3.12. The minimum atomic E-state index is 0.447. The molecule has 1 aromatic heterocycles. The van der Waals surface area contributed by atoms with Crippen molar-refractivity contribution in [2.45, 2.75) is 6.54 Å². The molecule has 0 saturated carbocycles. The van der Waals surface area contributed by atoms with Crippen molar-refractivity contribution in [3.63, 3.8) is 0 Å². The van der Waals surface area contributed by atoms with Crippen LogP contribution >= 0.6 is 11.6 Å². The topological polar surface area (TPSA) is 40.2 Å². The van der Waals surface area contributed by atoms with Gasteiger partial charge in [0.05, 0.1) is 12.6 Å². The van der Waals surface area contributed by atoms with Gasteiger partial charge in [0.25, 0.3) is 0 Å². The van der Waals surface area contributed by atoms with E-state index in [4.69, 9.17) is 22.1 Å². The first kappa shape index (κ1) is 10.3. The maximum absolute atomic E-state index is 6.17. The maximum atomic E-state index is 6.17. The van der Waals surface area contributed by atoms with Gasteiger partial charge >= 0.3 is 0 Å². The van der Waals surface area contributed by atoms with Crippen molar-refractivity contribution < 1.29 is 4.74 Å². The van der Waals surface area contributed by atoms with E-state index in [-0.39, 0.29) is 0 Å². The van der Waals surface area contributed by atoms with E-state index in [2.05, 4.69) is 0 Å². The lowest BCUT2D eigenvalue weighted by molar-refractivity contribution is 0.415.